The maximum absolute atomic E-state index is 13.0. The smallest absolute Gasteiger partial charge is 0.310 e. The Morgan fingerprint density at radius 1 is 1.18 bits per heavy atom. The number of hydrogen-bond donors (Lipinski definition) is 3. The molecule has 0 aromatic heterocycles. The normalized spacial score (nSPS) is 19.2. The summed E-state index contributed by atoms with van der Waals surface area (Å²) in [4.78, 5) is 39.2. The van der Waals surface area contributed by atoms with Crippen LogP contribution >= 0.6 is 0 Å². The van der Waals surface area contributed by atoms with Crippen LogP contribution in [0.4, 0.5) is 5.69 Å². The molecule has 2 atom stereocenters. The molecule has 1 saturated heterocycles. The first kappa shape index (κ1) is 23.3. The highest BCUT2D eigenvalue weighted by molar-refractivity contribution is 6.35. The number of benzene rings is 2. The summed E-state index contributed by atoms with van der Waals surface area (Å²) in [6.07, 6.45) is 0. The summed E-state index contributed by atoms with van der Waals surface area (Å²) < 4.78 is 10.7. The largest absolute Gasteiger partial charge is 0.489 e. The number of amides is 3. The lowest BCUT2D eigenvalue weighted by Crippen LogP contribution is -2.53. The number of aliphatic hydroxyl groups is 1. The molecule has 2 aromatic rings. The number of ether oxygens (including phenoxy) is 2. The summed E-state index contributed by atoms with van der Waals surface area (Å²) in [5.74, 6) is 3.89. The van der Waals surface area contributed by atoms with Crippen molar-refractivity contribution in [3.63, 3.8) is 0 Å². The SMILES string of the molecule is C[C@H](NC(=O)C(=O)N[C@H]1COc2ccc(C#CC3(O)COC3)cc2N(C)C1=O)c1ccccc1. The number of carbonyl (C=O) groups is 3. The summed E-state index contributed by atoms with van der Waals surface area (Å²) >= 11 is 0. The zero-order chi connectivity index (χ0) is 24.3. The Kier molecular flexibility index (Phi) is 6.54. The highest BCUT2D eigenvalue weighted by Gasteiger charge is 2.34. The first-order valence-corrected chi connectivity index (χ1v) is 10.8. The van der Waals surface area contributed by atoms with Crippen molar-refractivity contribution in [1.29, 1.82) is 0 Å². The van der Waals surface area contributed by atoms with Gasteiger partial charge in [-0.1, -0.05) is 42.2 Å². The van der Waals surface area contributed by atoms with E-state index in [2.05, 4.69) is 22.5 Å². The predicted molar refractivity (Wildman–Crippen MR) is 123 cm³/mol. The van der Waals surface area contributed by atoms with Gasteiger partial charge in [0.1, 0.15) is 18.4 Å². The van der Waals surface area contributed by atoms with Crippen LogP contribution in [0.1, 0.15) is 24.1 Å². The van der Waals surface area contributed by atoms with E-state index in [0.717, 1.165) is 5.56 Å². The van der Waals surface area contributed by atoms with Gasteiger partial charge in [0.15, 0.2) is 5.60 Å². The first-order valence-electron chi connectivity index (χ1n) is 10.8. The van der Waals surface area contributed by atoms with Crippen molar-refractivity contribution in [3.05, 3.63) is 59.7 Å². The quantitative estimate of drug-likeness (QED) is 0.451. The number of anilines is 1. The average molecular weight is 463 g/mol. The van der Waals surface area contributed by atoms with Gasteiger partial charge in [0.25, 0.3) is 5.91 Å². The summed E-state index contributed by atoms with van der Waals surface area (Å²) in [6, 6.07) is 12.9. The van der Waals surface area contributed by atoms with Gasteiger partial charge in [0, 0.05) is 12.6 Å². The molecule has 3 amide bonds. The zero-order valence-electron chi connectivity index (χ0n) is 18.8. The highest BCUT2D eigenvalue weighted by atomic mass is 16.5. The molecule has 176 valence electrons. The summed E-state index contributed by atoms with van der Waals surface area (Å²) in [6.45, 7) is 1.95. The molecule has 0 spiro atoms. The monoisotopic (exact) mass is 463 g/mol. The van der Waals surface area contributed by atoms with E-state index in [4.69, 9.17) is 9.47 Å². The Morgan fingerprint density at radius 2 is 1.91 bits per heavy atom. The van der Waals surface area contributed by atoms with E-state index in [0.29, 0.717) is 17.0 Å². The van der Waals surface area contributed by atoms with Crippen LogP contribution in [0.25, 0.3) is 0 Å². The Morgan fingerprint density at radius 3 is 2.59 bits per heavy atom. The average Bonchev–Trinajstić information content (AvgIpc) is 2.94. The van der Waals surface area contributed by atoms with Crippen LogP contribution < -0.4 is 20.3 Å². The summed E-state index contributed by atoms with van der Waals surface area (Å²) in [5.41, 5.74) is 0.745. The van der Waals surface area contributed by atoms with Crippen LogP contribution in [0.3, 0.4) is 0 Å². The van der Waals surface area contributed by atoms with Gasteiger partial charge in [-0.25, -0.2) is 0 Å². The van der Waals surface area contributed by atoms with E-state index < -0.39 is 29.4 Å². The molecule has 34 heavy (non-hydrogen) atoms. The fraction of sp³-hybridized carbons (Fsp3) is 0.320. The maximum atomic E-state index is 13.0. The van der Waals surface area contributed by atoms with E-state index in [1.54, 1.807) is 32.2 Å². The molecule has 9 nitrogen and oxygen atoms in total. The number of hydrogen-bond acceptors (Lipinski definition) is 6. The zero-order valence-corrected chi connectivity index (χ0v) is 18.8. The van der Waals surface area contributed by atoms with Gasteiger partial charge in [0.05, 0.1) is 24.9 Å². The van der Waals surface area contributed by atoms with E-state index >= 15 is 0 Å². The maximum Gasteiger partial charge on any atom is 0.310 e. The molecule has 0 unspecified atom stereocenters. The van der Waals surface area contributed by atoms with Gasteiger partial charge in [0.2, 0.25) is 0 Å². The topological polar surface area (TPSA) is 117 Å². The minimum atomic E-state index is -1.15. The third-order valence-corrected chi connectivity index (χ3v) is 5.63. The Labute approximate surface area is 197 Å². The molecule has 0 radical (unpaired) electrons. The molecular weight excluding hydrogens is 438 g/mol. The third kappa shape index (κ3) is 5.03. The molecule has 0 bridgehead atoms. The minimum absolute atomic E-state index is 0.133. The Hall–Kier alpha value is -3.87. The van der Waals surface area contributed by atoms with Crippen molar-refractivity contribution in [3.8, 4) is 17.6 Å². The second-order valence-electron chi connectivity index (χ2n) is 8.30. The predicted octanol–water partition coefficient (Wildman–Crippen LogP) is 0.517. The molecule has 4 rings (SSSR count). The molecule has 0 aliphatic carbocycles. The van der Waals surface area contributed by atoms with Crippen molar-refractivity contribution in [2.24, 2.45) is 0 Å². The van der Waals surface area contributed by atoms with Gasteiger partial charge in [-0.3, -0.25) is 14.4 Å². The van der Waals surface area contributed by atoms with Gasteiger partial charge in [-0.15, -0.1) is 0 Å². The van der Waals surface area contributed by atoms with Crippen molar-refractivity contribution >= 4 is 23.4 Å². The lowest BCUT2D eigenvalue weighted by Gasteiger charge is -2.30. The van der Waals surface area contributed by atoms with Crippen LogP contribution in [-0.4, -0.2) is 61.3 Å². The van der Waals surface area contributed by atoms with Gasteiger partial charge in [-0.2, -0.15) is 0 Å². The van der Waals surface area contributed by atoms with Crippen molar-refractivity contribution in [2.75, 3.05) is 31.8 Å². The summed E-state index contributed by atoms with van der Waals surface area (Å²) in [5, 5.41) is 15.2. The van der Waals surface area contributed by atoms with Crippen LogP contribution in [0.15, 0.2) is 48.5 Å². The molecule has 2 aliphatic rings. The lowest BCUT2D eigenvalue weighted by molar-refractivity contribution is -0.141. The number of nitrogens with one attached hydrogen (secondary N) is 2. The fourth-order valence-corrected chi connectivity index (χ4v) is 3.55. The number of fused-ring (bicyclic) bond motifs is 1. The van der Waals surface area contributed by atoms with Gasteiger partial charge >= 0.3 is 11.8 Å². The molecule has 2 aromatic carbocycles. The lowest BCUT2D eigenvalue weighted by atomic mass is 10.0. The summed E-state index contributed by atoms with van der Waals surface area (Å²) in [7, 11) is 1.55. The highest BCUT2D eigenvalue weighted by Crippen LogP contribution is 2.31. The van der Waals surface area contributed by atoms with Crippen molar-refractivity contribution < 1.29 is 29.0 Å². The Bertz CT molecular complexity index is 1170. The van der Waals surface area contributed by atoms with Crippen molar-refractivity contribution in [2.45, 2.75) is 24.6 Å². The molecule has 3 N–H and O–H groups in total. The van der Waals surface area contributed by atoms with Crippen molar-refractivity contribution in [1.82, 2.24) is 10.6 Å². The molecular formula is C25H25N3O6. The van der Waals surface area contributed by atoms with Crippen LogP contribution in [0.2, 0.25) is 0 Å². The van der Waals surface area contributed by atoms with Crippen LogP contribution in [0.5, 0.6) is 5.75 Å². The minimum Gasteiger partial charge on any atom is -0.489 e. The van der Waals surface area contributed by atoms with E-state index in [1.807, 2.05) is 30.3 Å². The number of nitrogens with zero attached hydrogens (tertiary/aromatic N) is 1. The first-order chi connectivity index (χ1) is 16.3. The van der Waals surface area contributed by atoms with Crippen LogP contribution in [0, 0.1) is 11.8 Å². The van der Waals surface area contributed by atoms with E-state index in [-0.39, 0.29) is 25.9 Å². The standard InChI is InChI=1S/C25H25N3O6/c1-16(18-6-4-3-5-7-18)26-22(29)23(30)27-19-13-34-21-9-8-17(10-11-25(32)14-33-15-25)12-20(21)28(2)24(19)31/h3-9,12,16,19,32H,13-15H2,1-2H3,(H,26,29)(H,27,30)/t16-,19-/m0/s1. The second-order valence-corrected chi connectivity index (χ2v) is 8.30. The number of rotatable bonds is 3. The third-order valence-electron chi connectivity index (χ3n) is 5.63. The number of carbonyl (C=O) groups excluding carboxylic acids is 3. The second kappa shape index (κ2) is 9.55. The molecule has 9 heteroatoms. The molecule has 0 saturated carbocycles. The van der Waals surface area contributed by atoms with E-state index in [9.17, 15) is 19.5 Å². The fourth-order valence-electron chi connectivity index (χ4n) is 3.55. The molecule has 2 heterocycles. The number of likely N-dealkylation sites (N-methyl/N-ethyl adjacent to an activating group) is 1. The van der Waals surface area contributed by atoms with Gasteiger partial charge in [-0.05, 0) is 30.7 Å². The van der Waals surface area contributed by atoms with Crippen LogP contribution in [-0.2, 0) is 19.1 Å². The van der Waals surface area contributed by atoms with E-state index in [1.165, 1.54) is 4.90 Å². The van der Waals surface area contributed by atoms with Gasteiger partial charge < -0.3 is 30.1 Å². The molecule has 2 aliphatic heterocycles. The molecule has 1 fully saturated rings. The Balaban J connectivity index is 1.42.